The summed E-state index contributed by atoms with van der Waals surface area (Å²) in [6.07, 6.45) is 1.38. The average Bonchev–Trinajstić information content (AvgIpc) is 1.68. The van der Waals surface area contributed by atoms with Gasteiger partial charge in [0, 0.05) is 6.04 Å². The van der Waals surface area contributed by atoms with Gasteiger partial charge in [0.25, 0.3) is 0 Å². The molecule has 0 saturated carbocycles. The lowest BCUT2D eigenvalue weighted by Crippen LogP contribution is -2.16. The molecule has 0 heterocycles. The van der Waals surface area contributed by atoms with Crippen molar-refractivity contribution in [2.75, 3.05) is 0 Å². The van der Waals surface area contributed by atoms with Crippen molar-refractivity contribution in [1.82, 2.24) is 0 Å². The summed E-state index contributed by atoms with van der Waals surface area (Å²) >= 11 is 0. The molecule has 0 aromatic carbocycles. The molecule has 0 aliphatic carbocycles. The number of nitrogens with zero attached hydrogens (tertiary/aromatic N) is 1. The number of hydrogen-bond acceptors (Lipinski definition) is 2. The van der Waals surface area contributed by atoms with Gasteiger partial charge in [0.1, 0.15) is 0 Å². The second kappa shape index (κ2) is 6.74. The van der Waals surface area contributed by atoms with Gasteiger partial charge in [-0.05, 0) is 6.42 Å². The Morgan fingerprint density at radius 3 is 2.38 bits per heavy atom. The summed E-state index contributed by atoms with van der Waals surface area (Å²) in [6, 6.07) is 2.08. The number of halogens is 1. The number of nitrogens with two attached hydrogens (primary N) is 1. The van der Waals surface area contributed by atoms with Crippen LogP contribution in [0, 0.1) is 11.3 Å². The molecule has 0 aromatic heterocycles. The minimum Gasteiger partial charge on any atom is -0.327 e. The Bertz CT molecular complexity index is 77.0. The minimum atomic E-state index is 0. The number of hydrogen-bond donors (Lipinski definition) is 1. The third-order valence-electron chi connectivity index (χ3n) is 0.878. The molecule has 48 valence electrons. The van der Waals surface area contributed by atoms with Crippen molar-refractivity contribution in [3.8, 4) is 6.07 Å². The first-order chi connectivity index (χ1) is 3.31. The average molecular weight is 135 g/mol. The molecule has 1 atom stereocenters. The summed E-state index contributed by atoms with van der Waals surface area (Å²) in [6.45, 7) is 1.97. The Kier molecular flexibility index (Phi) is 8.99. The molecule has 0 rings (SSSR count). The van der Waals surface area contributed by atoms with Gasteiger partial charge in [-0.3, -0.25) is 0 Å². The van der Waals surface area contributed by atoms with Crippen molar-refractivity contribution in [2.45, 2.75) is 25.8 Å². The normalized spacial score (nSPS) is 11.1. The van der Waals surface area contributed by atoms with Crippen molar-refractivity contribution in [3.63, 3.8) is 0 Å². The Morgan fingerprint density at radius 2 is 2.25 bits per heavy atom. The van der Waals surface area contributed by atoms with Crippen LogP contribution in [0.2, 0.25) is 0 Å². The fraction of sp³-hybridized carbons (Fsp3) is 0.800. The van der Waals surface area contributed by atoms with Crippen LogP contribution in [0.4, 0.5) is 0 Å². The maximum absolute atomic E-state index is 8.04. The third-order valence-corrected chi connectivity index (χ3v) is 0.878. The zero-order valence-electron chi connectivity index (χ0n) is 4.92. The molecule has 0 fully saturated rings. The van der Waals surface area contributed by atoms with Gasteiger partial charge in [0.05, 0.1) is 12.5 Å². The highest BCUT2D eigenvalue weighted by Crippen LogP contribution is 1.88. The fourth-order valence-electron chi connectivity index (χ4n) is 0.262. The van der Waals surface area contributed by atoms with Crippen molar-refractivity contribution < 1.29 is 0 Å². The summed E-state index contributed by atoms with van der Waals surface area (Å²) < 4.78 is 0. The second-order valence-electron chi connectivity index (χ2n) is 1.53. The van der Waals surface area contributed by atoms with Gasteiger partial charge in [-0.25, -0.2) is 0 Å². The largest absolute Gasteiger partial charge is 0.327 e. The Hall–Kier alpha value is -0.260. The van der Waals surface area contributed by atoms with Crippen LogP contribution in [-0.4, -0.2) is 6.04 Å². The van der Waals surface area contributed by atoms with Crippen molar-refractivity contribution in [1.29, 1.82) is 5.26 Å². The van der Waals surface area contributed by atoms with Crippen LogP contribution in [0.3, 0.4) is 0 Å². The number of nitriles is 1. The summed E-state index contributed by atoms with van der Waals surface area (Å²) in [7, 11) is 0. The molecule has 0 radical (unpaired) electrons. The fourth-order valence-corrected chi connectivity index (χ4v) is 0.262. The van der Waals surface area contributed by atoms with Crippen LogP contribution in [-0.2, 0) is 0 Å². The summed E-state index contributed by atoms with van der Waals surface area (Å²) in [5.74, 6) is 0. The zero-order valence-corrected chi connectivity index (χ0v) is 5.74. The highest BCUT2D eigenvalue weighted by molar-refractivity contribution is 5.85. The van der Waals surface area contributed by atoms with Gasteiger partial charge in [-0.1, -0.05) is 6.92 Å². The van der Waals surface area contributed by atoms with Crippen LogP contribution in [0.25, 0.3) is 0 Å². The first-order valence-electron chi connectivity index (χ1n) is 2.43. The lowest BCUT2D eigenvalue weighted by atomic mass is 10.2. The standard InChI is InChI=1S/C5H10N2.ClH/c1-2-5(7)3-4-6;/h5H,2-3,7H2,1H3;1H/t5-;/m0./s1. The molecule has 3 heteroatoms. The quantitative estimate of drug-likeness (QED) is 0.614. The third kappa shape index (κ3) is 5.74. The summed E-state index contributed by atoms with van der Waals surface area (Å²) in [5, 5.41) is 8.04. The molecule has 0 spiro atoms. The smallest absolute Gasteiger partial charge is 0.0638 e. The van der Waals surface area contributed by atoms with Gasteiger partial charge >= 0.3 is 0 Å². The molecule has 0 aliphatic heterocycles. The van der Waals surface area contributed by atoms with Crippen LogP contribution in [0.5, 0.6) is 0 Å². The van der Waals surface area contributed by atoms with Crippen LogP contribution in [0.1, 0.15) is 19.8 Å². The van der Waals surface area contributed by atoms with Crippen molar-refractivity contribution in [3.05, 3.63) is 0 Å². The van der Waals surface area contributed by atoms with Gasteiger partial charge in [-0.15, -0.1) is 12.4 Å². The molecule has 8 heavy (non-hydrogen) atoms. The lowest BCUT2D eigenvalue weighted by Gasteiger charge is -1.97. The van der Waals surface area contributed by atoms with Gasteiger partial charge in [0.15, 0.2) is 0 Å². The van der Waals surface area contributed by atoms with Crippen molar-refractivity contribution >= 4 is 12.4 Å². The predicted molar refractivity (Wildman–Crippen MR) is 35.7 cm³/mol. The molecular weight excluding hydrogens is 124 g/mol. The Balaban J connectivity index is 0. The van der Waals surface area contributed by atoms with Crippen LogP contribution >= 0.6 is 12.4 Å². The molecule has 0 saturated heterocycles. The van der Waals surface area contributed by atoms with E-state index in [1.165, 1.54) is 0 Å². The maximum Gasteiger partial charge on any atom is 0.0638 e. The van der Waals surface area contributed by atoms with E-state index in [4.69, 9.17) is 11.0 Å². The molecule has 0 unspecified atom stereocenters. The highest BCUT2D eigenvalue weighted by Gasteiger charge is 1.93. The van der Waals surface area contributed by atoms with E-state index >= 15 is 0 Å². The summed E-state index contributed by atoms with van der Waals surface area (Å²) in [4.78, 5) is 0. The first-order valence-corrected chi connectivity index (χ1v) is 2.43. The second-order valence-corrected chi connectivity index (χ2v) is 1.53. The van der Waals surface area contributed by atoms with Gasteiger partial charge < -0.3 is 5.73 Å². The van der Waals surface area contributed by atoms with Crippen LogP contribution < -0.4 is 5.73 Å². The first kappa shape index (κ1) is 10.7. The molecule has 2 N–H and O–H groups in total. The van der Waals surface area contributed by atoms with E-state index in [2.05, 4.69) is 0 Å². The van der Waals surface area contributed by atoms with Gasteiger partial charge in [-0.2, -0.15) is 5.26 Å². The van der Waals surface area contributed by atoms with E-state index in [1.807, 2.05) is 13.0 Å². The molecule has 0 aliphatic rings. The Labute approximate surface area is 56.1 Å². The minimum absolute atomic E-state index is 0. The molecule has 0 amide bonds. The van der Waals surface area contributed by atoms with E-state index in [0.717, 1.165) is 6.42 Å². The number of rotatable bonds is 2. The highest BCUT2D eigenvalue weighted by atomic mass is 35.5. The van der Waals surface area contributed by atoms with E-state index in [0.29, 0.717) is 6.42 Å². The van der Waals surface area contributed by atoms with Crippen molar-refractivity contribution in [2.24, 2.45) is 5.73 Å². The molecular formula is C5H11ClN2. The molecule has 2 nitrogen and oxygen atoms in total. The molecule has 0 aromatic rings. The van der Waals surface area contributed by atoms with E-state index < -0.39 is 0 Å². The van der Waals surface area contributed by atoms with E-state index in [1.54, 1.807) is 0 Å². The van der Waals surface area contributed by atoms with E-state index in [-0.39, 0.29) is 18.4 Å². The van der Waals surface area contributed by atoms with E-state index in [9.17, 15) is 0 Å². The predicted octanol–water partition coefficient (Wildman–Crippen LogP) is 1.06. The Morgan fingerprint density at radius 1 is 1.75 bits per heavy atom. The lowest BCUT2D eigenvalue weighted by molar-refractivity contribution is 0.665. The van der Waals surface area contributed by atoms with Crippen LogP contribution in [0.15, 0.2) is 0 Å². The topological polar surface area (TPSA) is 49.8 Å². The molecule has 0 bridgehead atoms. The summed E-state index contributed by atoms with van der Waals surface area (Å²) in [5.41, 5.74) is 5.36. The monoisotopic (exact) mass is 134 g/mol. The SMILES string of the molecule is CC[C@H](N)CC#N.Cl. The zero-order chi connectivity index (χ0) is 5.70. The van der Waals surface area contributed by atoms with Gasteiger partial charge in [0.2, 0.25) is 0 Å². The maximum atomic E-state index is 8.04.